The molecule has 0 aliphatic carbocycles. The van der Waals surface area contributed by atoms with Crippen molar-refractivity contribution in [2.75, 3.05) is 0 Å². The van der Waals surface area contributed by atoms with Crippen LogP contribution in [0.25, 0.3) is 43.1 Å². The van der Waals surface area contributed by atoms with E-state index in [0.717, 1.165) is 32.3 Å². The molecular formula is C22H14O2S. The van der Waals surface area contributed by atoms with Crippen molar-refractivity contribution in [1.29, 1.82) is 0 Å². The van der Waals surface area contributed by atoms with Gasteiger partial charge in [0.1, 0.15) is 0 Å². The maximum Gasteiger partial charge on any atom is 0.168 e. The van der Waals surface area contributed by atoms with E-state index in [1.165, 1.54) is 10.8 Å². The first-order valence-corrected chi connectivity index (χ1v) is 9.31. The zero-order valence-corrected chi connectivity index (χ0v) is 14.2. The normalized spacial score (nSPS) is 11.9. The van der Waals surface area contributed by atoms with Crippen molar-refractivity contribution >= 4 is 53.8 Å². The van der Waals surface area contributed by atoms with Crippen LogP contribution in [0, 0.1) is 0 Å². The maximum absolute atomic E-state index is 11.6. The van der Waals surface area contributed by atoms with E-state index in [2.05, 4.69) is 42.5 Å². The minimum atomic E-state index is -2.62. The number of thiol groups is 1. The van der Waals surface area contributed by atoms with Gasteiger partial charge in [0.15, 0.2) is 10.7 Å². The Morgan fingerprint density at radius 2 is 1.04 bits per heavy atom. The first-order chi connectivity index (χ1) is 12.2. The zero-order chi connectivity index (χ0) is 17.0. The Morgan fingerprint density at radius 3 is 1.76 bits per heavy atom. The summed E-state index contributed by atoms with van der Waals surface area (Å²) in [5.41, 5.74) is 0. The van der Waals surface area contributed by atoms with Gasteiger partial charge in [0.25, 0.3) is 0 Å². The van der Waals surface area contributed by atoms with Crippen molar-refractivity contribution < 1.29 is 8.42 Å². The maximum atomic E-state index is 11.6. The van der Waals surface area contributed by atoms with Crippen LogP contribution in [-0.2, 0) is 10.7 Å². The van der Waals surface area contributed by atoms with Crippen molar-refractivity contribution in [3.05, 3.63) is 78.9 Å². The lowest BCUT2D eigenvalue weighted by atomic mass is 9.96. The lowest BCUT2D eigenvalue weighted by Gasteiger charge is -2.09. The molecule has 0 bridgehead atoms. The summed E-state index contributed by atoms with van der Waals surface area (Å²) in [5.74, 6) is 0. The standard InChI is InChI=1S/C22H14O2S/c23-25(24)22-7-3-6-16-11-18-9-8-17-10-14-4-1-2-5-15(14)12-19(17)20(18)13-21(16)22/h1-13,25H. The Kier molecular flexibility index (Phi) is 3.06. The summed E-state index contributed by atoms with van der Waals surface area (Å²) in [7, 11) is -2.62. The molecule has 0 aliphatic rings. The SMILES string of the molecule is O=[SH](=O)c1cccc2cc3ccc4cc5ccccc5cc4c3cc12. The van der Waals surface area contributed by atoms with Gasteiger partial charge >= 0.3 is 0 Å². The molecule has 0 aliphatic heterocycles. The number of fused-ring (bicyclic) bond motifs is 5. The van der Waals surface area contributed by atoms with E-state index in [9.17, 15) is 8.42 Å². The van der Waals surface area contributed by atoms with E-state index < -0.39 is 10.7 Å². The molecule has 2 nitrogen and oxygen atoms in total. The largest absolute Gasteiger partial charge is 0.227 e. The first-order valence-electron chi connectivity index (χ1n) is 8.13. The van der Waals surface area contributed by atoms with E-state index in [1.54, 1.807) is 12.1 Å². The molecule has 0 saturated carbocycles. The van der Waals surface area contributed by atoms with Gasteiger partial charge in [0.2, 0.25) is 0 Å². The highest BCUT2D eigenvalue weighted by atomic mass is 32.2. The molecule has 0 spiro atoms. The third-order valence-electron chi connectivity index (χ3n) is 4.87. The van der Waals surface area contributed by atoms with Crippen molar-refractivity contribution in [1.82, 2.24) is 0 Å². The van der Waals surface area contributed by atoms with Gasteiger partial charge in [0, 0.05) is 5.39 Å². The van der Waals surface area contributed by atoms with E-state index in [1.807, 2.05) is 24.3 Å². The van der Waals surface area contributed by atoms with Crippen molar-refractivity contribution in [3.63, 3.8) is 0 Å². The molecule has 0 N–H and O–H groups in total. The second-order valence-corrected chi connectivity index (χ2v) is 7.31. The average molecular weight is 342 g/mol. The summed E-state index contributed by atoms with van der Waals surface area (Å²) in [4.78, 5) is 0.382. The molecule has 0 atom stereocenters. The number of hydrogen-bond donors (Lipinski definition) is 1. The smallest absolute Gasteiger partial charge is 0.168 e. The molecule has 120 valence electrons. The van der Waals surface area contributed by atoms with Crippen LogP contribution in [0.4, 0.5) is 0 Å². The third-order valence-corrected chi connectivity index (χ3v) is 5.66. The molecule has 25 heavy (non-hydrogen) atoms. The summed E-state index contributed by atoms with van der Waals surface area (Å²) in [6.07, 6.45) is 0. The Labute approximate surface area is 146 Å². The quantitative estimate of drug-likeness (QED) is 0.256. The second-order valence-electron chi connectivity index (χ2n) is 6.31. The number of hydrogen-bond acceptors (Lipinski definition) is 2. The third kappa shape index (κ3) is 2.20. The average Bonchev–Trinajstić information content (AvgIpc) is 2.64. The van der Waals surface area contributed by atoms with Gasteiger partial charge in [0.05, 0.1) is 4.90 Å². The Balaban J connectivity index is 1.99. The summed E-state index contributed by atoms with van der Waals surface area (Å²) in [6, 6.07) is 26.4. The predicted molar refractivity (Wildman–Crippen MR) is 105 cm³/mol. The lowest BCUT2D eigenvalue weighted by Crippen LogP contribution is -1.86. The van der Waals surface area contributed by atoms with Crippen LogP contribution < -0.4 is 0 Å². The van der Waals surface area contributed by atoms with Crippen LogP contribution >= 0.6 is 0 Å². The molecule has 0 saturated heterocycles. The van der Waals surface area contributed by atoms with Crippen molar-refractivity contribution in [2.24, 2.45) is 0 Å². The molecule has 0 radical (unpaired) electrons. The van der Waals surface area contributed by atoms with Gasteiger partial charge < -0.3 is 0 Å². The van der Waals surface area contributed by atoms with Gasteiger partial charge in [-0.15, -0.1) is 0 Å². The number of rotatable bonds is 1. The molecule has 5 rings (SSSR count). The molecule has 0 aromatic heterocycles. The van der Waals surface area contributed by atoms with Gasteiger partial charge in [-0.3, -0.25) is 0 Å². The summed E-state index contributed by atoms with van der Waals surface area (Å²) >= 11 is 0. The first kappa shape index (κ1) is 14.4. The molecule has 5 aromatic rings. The highest BCUT2D eigenvalue weighted by molar-refractivity contribution is 7.72. The van der Waals surface area contributed by atoms with Crippen molar-refractivity contribution in [2.45, 2.75) is 4.90 Å². The Hall–Kier alpha value is -2.91. The number of benzene rings is 5. The summed E-state index contributed by atoms with van der Waals surface area (Å²) in [5, 5.41) is 8.64. The van der Waals surface area contributed by atoms with Gasteiger partial charge in [-0.05, 0) is 68.0 Å². The minimum absolute atomic E-state index is 0.382. The van der Waals surface area contributed by atoms with E-state index in [4.69, 9.17) is 0 Å². The van der Waals surface area contributed by atoms with Gasteiger partial charge in [-0.1, -0.05) is 48.5 Å². The minimum Gasteiger partial charge on any atom is -0.227 e. The highest BCUT2D eigenvalue weighted by Gasteiger charge is 2.08. The predicted octanol–water partition coefficient (Wildman–Crippen LogP) is 5.27. The molecular weight excluding hydrogens is 328 g/mol. The molecule has 0 amide bonds. The van der Waals surface area contributed by atoms with E-state index in [-0.39, 0.29) is 0 Å². The van der Waals surface area contributed by atoms with Crippen LogP contribution in [0.3, 0.4) is 0 Å². The monoisotopic (exact) mass is 342 g/mol. The molecule has 0 fully saturated rings. The fourth-order valence-electron chi connectivity index (χ4n) is 3.67. The second kappa shape index (κ2) is 5.30. The van der Waals surface area contributed by atoms with Crippen LogP contribution in [0.15, 0.2) is 83.8 Å². The Morgan fingerprint density at radius 1 is 0.480 bits per heavy atom. The fourth-order valence-corrected chi connectivity index (χ4v) is 4.26. The summed E-state index contributed by atoms with van der Waals surface area (Å²) in [6.45, 7) is 0. The van der Waals surface area contributed by atoms with E-state index >= 15 is 0 Å². The lowest BCUT2D eigenvalue weighted by molar-refractivity contribution is 0.615. The topological polar surface area (TPSA) is 34.1 Å². The molecule has 0 unspecified atom stereocenters. The molecule has 3 heteroatoms. The fraction of sp³-hybridized carbons (Fsp3) is 0. The van der Waals surface area contributed by atoms with Gasteiger partial charge in [-0.2, -0.15) is 0 Å². The zero-order valence-electron chi connectivity index (χ0n) is 13.3. The van der Waals surface area contributed by atoms with Crippen molar-refractivity contribution in [3.8, 4) is 0 Å². The van der Waals surface area contributed by atoms with Gasteiger partial charge in [-0.25, -0.2) is 8.42 Å². The molecule has 5 aromatic carbocycles. The van der Waals surface area contributed by atoms with Crippen LogP contribution in [0.5, 0.6) is 0 Å². The molecule has 0 heterocycles. The summed E-state index contributed by atoms with van der Waals surface area (Å²) < 4.78 is 23.3. The highest BCUT2D eigenvalue weighted by Crippen LogP contribution is 2.33. The van der Waals surface area contributed by atoms with Crippen LogP contribution in [0.1, 0.15) is 0 Å². The van der Waals surface area contributed by atoms with E-state index in [0.29, 0.717) is 4.90 Å². The van der Waals surface area contributed by atoms with Crippen LogP contribution in [-0.4, -0.2) is 8.42 Å². The Bertz CT molecular complexity index is 1370. The van der Waals surface area contributed by atoms with Crippen LogP contribution in [0.2, 0.25) is 0 Å².